The summed E-state index contributed by atoms with van der Waals surface area (Å²) in [5.41, 5.74) is 2.10. The van der Waals surface area contributed by atoms with Crippen LogP contribution in [-0.4, -0.2) is 42.2 Å². The SMILES string of the molecule is COc1cc(CN(CCCNC(=O)O)C(=O)c2ccc(Cl)cc2)ccc1OCc1ccc(F)cc1. The molecule has 3 rings (SSSR count). The molecule has 2 amide bonds. The molecule has 0 fully saturated rings. The van der Waals surface area contributed by atoms with E-state index in [9.17, 15) is 14.0 Å². The summed E-state index contributed by atoms with van der Waals surface area (Å²) in [6, 6.07) is 18.0. The number of methoxy groups -OCH3 is 1. The standard InChI is InChI=1S/C26H26ClFN2O5/c1-34-24-15-19(5-12-23(24)35-17-18-3-10-22(28)11-4-18)16-30(14-2-13-29-26(32)33)25(31)20-6-8-21(27)9-7-20/h3-12,15,29H,2,13-14,16-17H2,1H3,(H,32,33). The van der Waals surface area contributed by atoms with E-state index < -0.39 is 6.09 Å². The van der Waals surface area contributed by atoms with E-state index in [-0.39, 0.29) is 31.4 Å². The summed E-state index contributed by atoms with van der Waals surface area (Å²) in [5, 5.41) is 11.6. The lowest BCUT2D eigenvalue weighted by Gasteiger charge is -2.24. The van der Waals surface area contributed by atoms with Crippen LogP contribution in [0.5, 0.6) is 11.5 Å². The van der Waals surface area contributed by atoms with Gasteiger partial charge in [0.25, 0.3) is 5.91 Å². The van der Waals surface area contributed by atoms with Gasteiger partial charge in [-0.3, -0.25) is 4.79 Å². The van der Waals surface area contributed by atoms with Gasteiger partial charge in [0, 0.05) is 30.2 Å². The second kappa shape index (κ2) is 12.6. The molecule has 184 valence electrons. The first kappa shape index (κ1) is 25.8. The second-order valence-corrected chi connectivity index (χ2v) is 8.16. The number of hydrogen-bond acceptors (Lipinski definition) is 4. The molecule has 0 unspecified atom stereocenters. The molecule has 0 aliphatic heterocycles. The van der Waals surface area contributed by atoms with Crippen molar-refractivity contribution in [3.63, 3.8) is 0 Å². The Bertz CT molecular complexity index is 1140. The van der Waals surface area contributed by atoms with Crippen molar-refractivity contribution in [3.05, 3.63) is 94.3 Å². The van der Waals surface area contributed by atoms with E-state index >= 15 is 0 Å². The minimum Gasteiger partial charge on any atom is -0.493 e. The van der Waals surface area contributed by atoms with Gasteiger partial charge in [0.2, 0.25) is 0 Å². The lowest BCUT2D eigenvalue weighted by Crippen LogP contribution is -2.33. The van der Waals surface area contributed by atoms with E-state index in [4.69, 9.17) is 26.2 Å². The predicted molar refractivity (Wildman–Crippen MR) is 131 cm³/mol. The van der Waals surface area contributed by atoms with Gasteiger partial charge in [-0.15, -0.1) is 0 Å². The van der Waals surface area contributed by atoms with Crippen molar-refractivity contribution in [3.8, 4) is 11.5 Å². The maximum atomic E-state index is 13.2. The van der Waals surface area contributed by atoms with E-state index in [1.54, 1.807) is 53.4 Å². The molecular formula is C26H26ClFN2O5. The van der Waals surface area contributed by atoms with Crippen LogP contribution in [0, 0.1) is 5.82 Å². The third-order valence-corrected chi connectivity index (χ3v) is 5.42. The fraction of sp³-hybridized carbons (Fsp3) is 0.231. The fourth-order valence-electron chi connectivity index (χ4n) is 3.38. The Labute approximate surface area is 208 Å². The molecule has 0 bridgehead atoms. The lowest BCUT2D eigenvalue weighted by atomic mass is 10.1. The van der Waals surface area contributed by atoms with Crippen LogP contribution >= 0.6 is 11.6 Å². The molecule has 2 N–H and O–H groups in total. The highest BCUT2D eigenvalue weighted by Crippen LogP contribution is 2.29. The van der Waals surface area contributed by atoms with Gasteiger partial charge in [-0.05, 0) is 66.1 Å². The Morgan fingerprint density at radius 1 is 1.00 bits per heavy atom. The molecule has 0 aliphatic rings. The monoisotopic (exact) mass is 500 g/mol. The lowest BCUT2D eigenvalue weighted by molar-refractivity contribution is 0.0741. The molecule has 3 aromatic rings. The first-order valence-electron chi connectivity index (χ1n) is 10.9. The number of rotatable bonds is 11. The Hall–Kier alpha value is -3.78. The summed E-state index contributed by atoms with van der Waals surface area (Å²) in [6.45, 7) is 1.09. The van der Waals surface area contributed by atoms with Crippen molar-refractivity contribution >= 4 is 23.6 Å². The predicted octanol–water partition coefficient (Wildman–Crippen LogP) is 5.37. The van der Waals surface area contributed by atoms with Crippen LogP contribution in [0.4, 0.5) is 9.18 Å². The highest BCUT2D eigenvalue weighted by molar-refractivity contribution is 6.30. The number of halogens is 2. The maximum absolute atomic E-state index is 13.2. The fourth-order valence-corrected chi connectivity index (χ4v) is 3.51. The van der Waals surface area contributed by atoms with Crippen LogP contribution in [-0.2, 0) is 13.2 Å². The van der Waals surface area contributed by atoms with E-state index in [0.29, 0.717) is 35.1 Å². The van der Waals surface area contributed by atoms with Crippen molar-refractivity contribution in [2.24, 2.45) is 0 Å². The summed E-state index contributed by atoms with van der Waals surface area (Å²) < 4.78 is 24.4. The summed E-state index contributed by atoms with van der Waals surface area (Å²) in [6.07, 6.45) is -0.664. The molecule has 3 aromatic carbocycles. The van der Waals surface area contributed by atoms with Crippen LogP contribution in [0.15, 0.2) is 66.7 Å². The smallest absolute Gasteiger partial charge is 0.404 e. The average Bonchev–Trinajstić information content (AvgIpc) is 2.85. The topological polar surface area (TPSA) is 88.1 Å². The van der Waals surface area contributed by atoms with Crippen LogP contribution in [0.1, 0.15) is 27.9 Å². The van der Waals surface area contributed by atoms with Gasteiger partial charge in [-0.25, -0.2) is 9.18 Å². The molecule has 0 radical (unpaired) electrons. The van der Waals surface area contributed by atoms with E-state index in [1.807, 2.05) is 6.07 Å². The molecule has 0 aliphatic carbocycles. The van der Waals surface area contributed by atoms with E-state index in [2.05, 4.69) is 5.32 Å². The molecule has 0 atom stereocenters. The molecule has 0 saturated heterocycles. The molecule has 7 nitrogen and oxygen atoms in total. The van der Waals surface area contributed by atoms with Crippen molar-refractivity contribution in [1.82, 2.24) is 10.2 Å². The zero-order chi connectivity index (χ0) is 25.2. The highest BCUT2D eigenvalue weighted by atomic mass is 35.5. The molecule has 0 spiro atoms. The summed E-state index contributed by atoms with van der Waals surface area (Å²) >= 11 is 5.95. The van der Waals surface area contributed by atoms with Crippen LogP contribution in [0.2, 0.25) is 5.02 Å². The minimum atomic E-state index is -1.11. The van der Waals surface area contributed by atoms with Crippen molar-refractivity contribution in [2.75, 3.05) is 20.2 Å². The Balaban J connectivity index is 1.73. The third-order valence-electron chi connectivity index (χ3n) is 5.17. The average molecular weight is 501 g/mol. The van der Waals surface area contributed by atoms with Gasteiger partial charge >= 0.3 is 6.09 Å². The number of nitrogens with one attached hydrogen (secondary N) is 1. The molecule has 0 heterocycles. The number of benzene rings is 3. The van der Waals surface area contributed by atoms with Crippen LogP contribution in [0.25, 0.3) is 0 Å². The molecule has 35 heavy (non-hydrogen) atoms. The molecular weight excluding hydrogens is 475 g/mol. The van der Waals surface area contributed by atoms with Gasteiger partial charge in [-0.1, -0.05) is 29.8 Å². The quantitative estimate of drug-likeness (QED) is 0.346. The Morgan fingerprint density at radius 2 is 1.69 bits per heavy atom. The first-order valence-corrected chi connectivity index (χ1v) is 11.3. The van der Waals surface area contributed by atoms with Crippen molar-refractivity contribution < 1.29 is 28.6 Å². The largest absolute Gasteiger partial charge is 0.493 e. The minimum absolute atomic E-state index is 0.201. The number of nitrogens with zero attached hydrogens (tertiary/aromatic N) is 1. The van der Waals surface area contributed by atoms with Gasteiger partial charge in [0.1, 0.15) is 12.4 Å². The van der Waals surface area contributed by atoms with Crippen LogP contribution in [0.3, 0.4) is 0 Å². The van der Waals surface area contributed by atoms with E-state index in [1.165, 1.54) is 19.2 Å². The molecule has 0 saturated carbocycles. The summed E-state index contributed by atoms with van der Waals surface area (Å²) in [4.78, 5) is 25.5. The van der Waals surface area contributed by atoms with E-state index in [0.717, 1.165) is 11.1 Å². The zero-order valence-corrected chi connectivity index (χ0v) is 19.9. The zero-order valence-electron chi connectivity index (χ0n) is 19.2. The van der Waals surface area contributed by atoms with Crippen molar-refractivity contribution in [1.29, 1.82) is 0 Å². The number of carbonyl (C=O) groups is 2. The highest BCUT2D eigenvalue weighted by Gasteiger charge is 2.17. The Kier molecular flexibility index (Phi) is 9.31. The second-order valence-electron chi connectivity index (χ2n) is 7.72. The Morgan fingerprint density at radius 3 is 2.34 bits per heavy atom. The summed E-state index contributed by atoms with van der Waals surface area (Å²) in [5.74, 6) is 0.498. The molecule has 9 heteroatoms. The number of carbonyl (C=O) groups excluding carboxylic acids is 1. The number of ether oxygens (including phenoxy) is 2. The number of hydrogen-bond donors (Lipinski definition) is 2. The van der Waals surface area contributed by atoms with Gasteiger partial charge in [-0.2, -0.15) is 0 Å². The van der Waals surface area contributed by atoms with Gasteiger partial charge in [0.15, 0.2) is 11.5 Å². The number of amides is 2. The van der Waals surface area contributed by atoms with Crippen LogP contribution < -0.4 is 14.8 Å². The first-order chi connectivity index (χ1) is 16.9. The number of carboxylic acid groups (broad SMARTS) is 1. The maximum Gasteiger partial charge on any atom is 0.404 e. The normalized spacial score (nSPS) is 10.5. The van der Waals surface area contributed by atoms with Gasteiger partial charge in [0.05, 0.1) is 7.11 Å². The third kappa shape index (κ3) is 7.89. The molecule has 0 aromatic heterocycles. The van der Waals surface area contributed by atoms with Crippen molar-refractivity contribution in [2.45, 2.75) is 19.6 Å². The summed E-state index contributed by atoms with van der Waals surface area (Å²) in [7, 11) is 1.53. The van der Waals surface area contributed by atoms with Gasteiger partial charge < -0.3 is 24.8 Å².